The monoisotopic (exact) mass is 183 g/mol. The summed E-state index contributed by atoms with van der Waals surface area (Å²) in [6.45, 7) is 0.519. The van der Waals surface area contributed by atoms with Gasteiger partial charge in [0.05, 0.1) is 5.69 Å². The number of aliphatic carboxylic acids is 1. The Bertz CT molecular complexity index is 392. The van der Waals surface area contributed by atoms with Crippen molar-refractivity contribution >= 4 is 5.97 Å². The minimum Gasteiger partial charge on any atom is -0.480 e. The standard InChI is InChI=1S/C7H9N3O3/c11-6-3-1-2-8-5(7(12)13)4(3)9-10-6/h5,8H,1-2H2,(H,12,13)(H2,9,10,11). The first-order chi connectivity index (χ1) is 6.20. The number of hydrogen-bond donors (Lipinski definition) is 4. The van der Waals surface area contributed by atoms with Gasteiger partial charge in [-0.05, 0) is 6.42 Å². The summed E-state index contributed by atoms with van der Waals surface area (Å²) in [5.74, 6) is -0.976. The molecule has 1 atom stereocenters. The Hall–Kier alpha value is -1.56. The maximum atomic E-state index is 11.1. The van der Waals surface area contributed by atoms with Crippen molar-refractivity contribution in [2.75, 3.05) is 6.54 Å². The normalized spacial score (nSPS) is 21.1. The second-order valence-electron chi connectivity index (χ2n) is 2.95. The van der Waals surface area contributed by atoms with Crippen molar-refractivity contribution in [3.8, 4) is 0 Å². The lowest BCUT2D eigenvalue weighted by atomic mass is 10.0. The van der Waals surface area contributed by atoms with Crippen LogP contribution in [0.1, 0.15) is 17.3 Å². The number of carbonyl (C=O) groups is 1. The smallest absolute Gasteiger partial charge is 0.326 e. The maximum Gasteiger partial charge on any atom is 0.326 e. The van der Waals surface area contributed by atoms with Gasteiger partial charge in [-0.2, -0.15) is 0 Å². The van der Waals surface area contributed by atoms with Gasteiger partial charge < -0.3 is 5.11 Å². The summed E-state index contributed by atoms with van der Waals surface area (Å²) < 4.78 is 0. The lowest BCUT2D eigenvalue weighted by Crippen LogP contribution is -2.36. The first-order valence-electron chi connectivity index (χ1n) is 3.95. The summed E-state index contributed by atoms with van der Waals surface area (Å²) in [4.78, 5) is 21.9. The molecule has 0 bridgehead atoms. The van der Waals surface area contributed by atoms with Gasteiger partial charge in [-0.3, -0.25) is 25.1 Å². The van der Waals surface area contributed by atoms with E-state index in [9.17, 15) is 9.59 Å². The van der Waals surface area contributed by atoms with E-state index in [0.717, 1.165) is 0 Å². The SMILES string of the molecule is O=C(O)C1NCCc2c1[nH][nH]c2=O. The summed E-state index contributed by atoms with van der Waals surface area (Å²) in [6, 6.07) is -0.789. The summed E-state index contributed by atoms with van der Waals surface area (Å²) in [5.41, 5.74) is 0.776. The van der Waals surface area contributed by atoms with Crippen LogP contribution in [-0.4, -0.2) is 27.8 Å². The first kappa shape index (κ1) is 8.06. The zero-order valence-corrected chi connectivity index (χ0v) is 6.76. The molecule has 13 heavy (non-hydrogen) atoms. The fraction of sp³-hybridized carbons (Fsp3) is 0.429. The van der Waals surface area contributed by atoms with E-state index >= 15 is 0 Å². The molecule has 4 N–H and O–H groups in total. The molecule has 0 saturated carbocycles. The van der Waals surface area contributed by atoms with E-state index in [0.29, 0.717) is 24.2 Å². The van der Waals surface area contributed by atoms with Crippen LogP contribution < -0.4 is 10.9 Å². The highest BCUT2D eigenvalue weighted by molar-refractivity contribution is 5.75. The predicted molar refractivity (Wildman–Crippen MR) is 43.5 cm³/mol. The average Bonchev–Trinajstić information content (AvgIpc) is 2.48. The van der Waals surface area contributed by atoms with Gasteiger partial charge in [-0.15, -0.1) is 0 Å². The first-order valence-corrected chi connectivity index (χ1v) is 3.95. The third-order valence-electron chi connectivity index (χ3n) is 2.17. The van der Waals surface area contributed by atoms with Gasteiger partial charge in [-0.25, -0.2) is 0 Å². The van der Waals surface area contributed by atoms with E-state index in [4.69, 9.17) is 5.11 Å². The molecule has 1 aromatic heterocycles. The maximum absolute atomic E-state index is 11.1. The molecule has 6 heteroatoms. The van der Waals surface area contributed by atoms with Crippen LogP contribution in [0.15, 0.2) is 4.79 Å². The number of fused-ring (bicyclic) bond motifs is 1. The Kier molecular flexibility index (Phi) is 1.70. The van der Waals surface area contributed by atoms with Crippen LogP contribution in [0.25, 0.3) is 0 Å². The highest BCUT2D eigenvalue weighted by Gasteiger charge is 2.28. The molecular formula is C7H9N3O3. The number of carboxylic acid groups (broad SMARTS) is 1. The van der Waals surface area contributed by atoms with Crippen molar-refractivity contribution in [2.45, 2.75) is 12.5 Å². The van der Waals surface area contributed by atoms with Crippen LogP contribution in [0.5, 0.6) is 0 Å². The highest BCUT2D eigenvalue weighted by atomic mass is 16.4. The summed E-state index contributed by atoms with van der Waals surface area (Å²) in [7, 11) is 0. The Labute approximate surface area is 72.9 Å². The fourth-order valence-corrected chi connectivity index (χ4v) is 1.55. The third-order valence-corrected chi connectivity index (χ3v) is 2.17. The van der Waals surface area contributed by atoms with Gasteiger partial charge in [0.2, 0.25) is 0 Å². The molecule has 1 aliphatic rings. The molecule has 0 fully saturated rings. The fourth-order valence-electron chi connectivity index (χ4n) is 1.55. The minimum atomic E-state index is -0.976. The Morgan fingerprint density at radius 3 is 2.92 bits per heavy atom. The van der Waals surface area contributed by atoms with Gasteiger partial charge in [-0.1, -0.05) is 0 Å². The van der Waals surface area contributed by atoms with E-state index < -0.39 is 12.0 Å². The van der Waals surface area contributed by atoms with Crippen molar-refractivity contribution in [3.63, 3.8) is 0 Å². The highest BCUT2D eigenvalue weighted by Crippen LogP contribution is 2.16. The minimum absolute atomic E-state index is 0.220. The van der Waals surface area contributed by atoms with Gasteiger partial charge in [0.15, 0.2) is 0 Å². The van der Waals surface area contributed by atoms with Crippen LogP contribution in [0.3, 0.4) is 0 Å². The molecule has 2 rings (SSSR count). The zero-order chi connectivity index (χ0) is 9.42. The molecule has 1 aliphatic heterocycles. The van der Waals surface area contributed by atoms with Crippen LogP contribution in [0.2, 0.25) is 0 Å². The molecule has 1 unspecified atom stereocenters. The predicted octanol–water partition coefficient (Wildman–Crippen LogP) is -1.03. The number of hydrogen-bond acceptors (Lipinski definition) is 3. The molecule has 1 aromatic rings. The summed E-state index contributed by atoms with van der Waals surface area (Å²) in [5, 5.41) is 16.6. The number of nitrogens with one attached hydrogen (secondary N) is 3. The lowest BCUT2D eigenvalue weighted by Gasteiger charge is -2.18. The molecule has 2 heterocycles. The van der Waals surface area contributed by atoms with Crippen LogP contribution in [0.4, 0.5) is 0 Å². The Morgan fingerprint density at radius 2 is 2.23 bits per heavy atom. The molecular weight excluding hydrogens is 174 g/mol. The molecule has 0 aliphatic carbocycles. The number of rotatable bonds is 1. The number of aromatic nitrogens is 2. The second kappa shape index (κ2) is 2.74. The van der Waals surface area contributed by atoms with Crippen molar-refractivity contribution in [1.29, 1.82) is 0 Å². The molecule has 0 amide bonds. The number of H-pyrrole nitrogens is 2. The van der Waals surface area contributed by atoms with E-state index in [1.54, 1.807) is 0 Å². The largest absolute Gasteiger partial charge is 0.480 e. The molecule has 0 radical (unpaired) electrons. The van der Waals surface area contributed by atoms with E-state index in [-0.39, 0.29) is 5.56 Å². The van der Waals surface area contributed by atoms with Crippen LogP contribution in [0, 0.1) is 0 Å². The summed E-state index contributed by atoms with van der Waals surface area (Å²) in [6.07, 6.45) is 0.567. The van der Waals surface area contributed by atoms with Crippen molar-refractivity contribution < 1.29 is 9.90 Å². The molecule has 6 nitrogen and oxygen atoms in total. The zero-order valence-electron chi connectivity index (χ0n) is 6.76. The molecule has 0 saturated heterocycles. The summed E-state index contributed by atoms with van der Waals surface area (Å²) >= 11 is 0. The van der Waals surface area contributed by atoms with Gasteiger partial charge in [0.25, 0.3) is 5.56 Å². The van der Waals surface area contributed by atoms with Gasteiger partial charge in [0, 0.05) is 12.1 Å². The molecule has 0 aromatic carbocycles. The second-order valence-corrected chi connectivity index (χ2v) is 2.95. The molecule has 0 spiro atoms. The quantitative estimate of drug-likeness (QED) is 0.447. The van der Waals surface area contributed by atoms with Crippen LogP contribution in [-0.2, 0) is 11.2 Å². The topological polar surface area (TPSA) is 98.0 Å². The van der Waals surface area contributed by atoms with Crippen molar-refractivity contribution in [3.05, 3.63) is 21.6 Å². The molecule has 70 valence electrons. The lowest BCUT2D eigenvalue weighted by molar-refractivity contribution is -0.139. The van der Waals surface area contributed by atoms with E-state index in [2.05, 4.69) is 15.5 Å². The van der Waals surface area contributed by atoms with Crippen LogP contribution >= 0.6 is 0 Å². The Morgan fingerprint density at radius 1 is 1.46 bits per heavy atom. The number of carboxylic acids is 1. The van der Waals surface area contributed by atoms with Crippen molar-refractivity contribution in [1.82, 2.24) is 15.5 Å². The third kappa shape index (κ3) is 1.15. The average molecular weight is 183 g/mol. The van der Waals surface area contributed by atoms with E-state index in [1.807, 2.05) is 0 Å². The Balaban J connectivity index is 2.49. The number of aromatic amines is 2. The van der Waals surface area contributed by atoms with Gasteiger partial charge in [0.1, 0.15) is 6.04 Å². The van der Waals surface area contributed by atoms with Gasteiger partial charge >= 0.3 is 5.97 Å². The van der Waals surface area contributed by atoms with E-state index in [1.165, 1.54) is 0 Å². The van der Waals surface area contributed by atoms with Crippen molar-refractivity contribution in [2.24, 2.45) is 0 Å².